The van der Waals surface area contributed by atoms with Crippen LogP contribution in [0.1, 0.15) is 91.9 Å². The van der Waals surface area contributed by atoms with Crippen molar-refractivity contribution in [3.63, 3.8) is 0 Å². The highest BCUT2D eigenvalue weighted by molar-refractivity contribution is 5.85. The number of fused-ring (bicyclic) bond motifs is 2. The minimum absolute atomic E-state index is 0.137. The molecule has 0 aromatic carbocycles. The Morgan fingerprint density at radius 3 is 2.59 bits per heavy atom. The number of aliphatic carboxylic acids is 1. The van der Waals surface area contributed by atoms with E-state index in [1.807, 2.05) is 0 Å². The monoisotopic (exact) mass is 441 g/mol. The van der Waals surface area contributed by atoms with Gasteiger partial charge < -0.3 is 9.84 Å². The zero-order chi connectivity index (χ0) is 23.1. The Morgan fingerprint density at radius 2 is 1.94 bits per heavy atom. The quantitative estimate of drug-likeness (QED) is 0.289. The van der Waals surface area contributed by atoms with Crippen LogP contribution in [0.2, 0.25) is 0 Å². The molecule has 0 spiro atoms. The van der Waals surface area contributed by atoms with E-state index in [9.17, 15) is 15.2 Å². The molecule has 7 atom stereocenters. The predicted molar refractivity (Wildman–Crippen MR) is 126 cm³/mol. The second kappa shape index (κ2) is 8.79. The fraction of sp³-hybridized carbons (Fsp3) is 0.857. The maximum absolute atomic E-state index is 13.3. The topological polar surface area (TPSA) is 70.3 Å². The van der Waals surface area contributed by atoms with Crippen LogP contribution in [-0.4, -0.2) is 24.3 Å². The molecule has 0 aromatic rings. The number of unbranched alkanes of at least 4 members (excludes halogenated alkanes) is 5. The highest BCUT2D eigenvalue weighted by Crippen LogP contribution is 2.83. The molecule has 4 heteroatoms. The number of allylic oxidation sites excluding steroid dienone is 1. The van der Waals surface area contributed by atoms with Gasteiger partial charge in [0.2, 0.25) is 0 Å². The normalized spacial score (nSPS) is 41.6. The summed E-state index contributed by atoms with van der Waals surface area (Å²) in [7, 11) is 0. The predicted octanol–water partition coefficient (Wildman–Crippen LogP) is 6.61. The zero-order valence-electron chi connectivity index (χ0n) is 20.7. The van der Waals surface area contributed by atoms with Crippen molar-refractivity contribution in [2.75, 3.05) is 13.2 Å². The van der Waals surface area contributed by atoms with Crippen LogP contribution in [0.3, 0.4) is 0 Å². The van der Waals surface area contributed by atoms with E-state index in [2.05, 4.69) is 39.8 Å². The molecule has 4 nitrogen and oxygen atoms in total. The summed E-state index contributed by atoms with van der Waals surface area (Å²) in [6.07, 6.45) is 13.3. The van der Waals surface area contributed by atoms with Crippen LogP contribution >= 0.6 is 0 Å². The second-order valence-corrected chi connectivity index (χ2v) is 11.7. The van der Waals surface area contributed by atoms with Gasteiger partial charge in [0.05, 0.1) is 18.1 Å². The van der Waals surface area contributed by atoms with Gasteiger partial charge in [-0.25, -0.2) is 0 Å². The molecule has 0 radical (unpaired) electrons. The van der Waals surface area contributed by atoms with Crippen LogP contribution in [0, 0.1) is 57.2 Å². The molecule has 0 aliphatic heterocycles. The maximum Gasteiger partial charge on any atom is 0.316 e. The molecule has 3 fully saturated rings. The molecule has 32 heavy (non-hydrogen) atoms. The number of carboxylic acids is 1. The Morgan fingerprint density at radius 1 is 1.22 bits per heavy atom. The summed E-state index contributed by atoms with van der Waals surface area (Å²) in [5.74, 6) is 0.745. The van der Waals surface area contributed by atoms with Gasteiger partial charge >= 0.3 is 5.97 Å². The van der Waals surface area contributed by atoms with E-state index in [1.54, 1.807) is 0 Å². The number of nitrogens with zero attached hydrogens (tertiary/aromatic N) is 1. The highest BCUT2D eigenvalue weighted by Gasteiger charge is 2.84. The molecule has 0 saturated heterocycles. The van der Waals surface area contributed by atoms with E-state index >= 15 is 0 Å². The minimum Gasteiger partial charge on any atom is -0.481 e. The fourth-order valence-corrected chi connectivity index (χ4v) is 8.78. The van der Waals surface area contributed by atoms with Gasteiger partial charge in [0.1, 0.15) is 5.41 Å². The lowest BCUT2D eigenvalue weighted by Gasteiger charge is -2.57. The van der Waals surface area contributed by atoms with Crippen molar-refractivity contribution in [1.29, 1.82) is 5.26 Å². The number of hydrogen-bond donors (Lipinski definition) is 1. The van der Waals surface area contributed by atoms with Crippen molar-refractivity contribution in [1.82, 2.24) is 0 Å². The van der Waals surface area contributed by atoms with Gasteiger partial charge in [0.25, 0.3) is 0 Å². The Bertz CT molecular complexity index is 797. The average molecular weight is 442 g/mol. The van der Waals surface area contributed by atoms with E-state index in [1.165, 1.54) is 32.1 Å². The Kier molecular flexibility index (Phi) is 6.54. The van der Waals surface area contributed by atoms with E-state index < -0.39 is 22.2 Å². The van der Waals surface area contributed by atoms with E-state index in [-0.39, 0.29) is 17.8 Å². The number of ether oxygens (including phenoxy) is 1. The van der Waals surface area contributed by atoms with Gasteiger partial charge in [-0.3, -0.25) is 4.79 Å². The summed E-state index contributed by atoms with van der Waals surface area (Å²) < 4.78 is 6.35. The standard InChI is InChI=1S/C28H43NO3/c1-5-6-7-8-9-10-13-32-18-27-16-22-20(4)11-12-23(22)26(17-29)15-21(27)14-24(19(2)3)28(26,27)25(30)31/h14,19-23H,5-13,15-16,18H2,1-4H3,(H,30,31)/t20?,21-,22?,23?,26-,27-,28-/m0/s1. The van der Waals surface area contributed by atoms with E-state index in [0.29, 0.717) is 31.5 Å². The summed E-state index contributed by atoms with van der Waals surface area (Å²) in [6.45, 7) is 9.96. The van der Waals surface area contributed by atoms with Crippen LogP contribution in [0.4, 0.5) is 0 Å². The second-order valence-electron chi connectivity index (χ2n) is 11.7. The fourth-order valence-electron chi connectivity index (χ4n) is 8.78. The first kappa shape index (κ1) is 23.8. The molecule has 3 saturated carbocycles. The highest BCUT2D eigenvalue weighted by atomic mass is 16.5. The molecule has 3 unspecified atom stereocenters. The summed E-state index contributed by atoms with van der Waals surface area (Å²) in [4.78, 5) is 13.3. The molecule has 4 bridgehead atoms. The van der Waals surface area contributed by atoms with Crippen LogP contribution in [0.25, 0.3) is 0 Å². The molecule has 4 aliphatic carbocycles. The molecule has 4 rings (SSSR count). The number of carboxylic acid groups (broad SMARTS) is 1. The van der Waals surface area contributed by atoms with Gasteiger partial charge in [0.15, 0.2) is 0 Å². The SMILES string of the molecule is CCCCCCCCOC[C@@]12CC3C(C)CCC3[C@@]3(C#N)C[C@@H]1C=C(C(C)C)[C@@]23C(=O)O. The molecule has 4 aliphatic rings. The van der Waals surface area contributed by atoms with Gasteiger partial charge in [0, 0.05) is 12.0 Å². The molecule has 0 heterocycles. The van der Waals surface area contributed by atoms with Gasteiger partial charge in [-0.15, -0.1) is 0 Å². The van der Waals surface area contributed by atoms with Crippen molar-refractivity contribution in [2.45, 2.75) is 91.9 Å². The van der Waals surface area contributed by atoms with Crippen LogP contribution in [0.15, 0.2) is 11.6 Å². The number of carbonyl (C=O) groups is 1. The van der Waals surface area contributed by atoms with Crippen molar-refractivity contribution >= 4 is 5.97 Å². The van der Waals surface area contributed by atoms with Gasteiger partial charge in [-0.05, 0) is 55.3 Å². The molecular formula is C28H43NO3. The first-order chi connectivity index (χ1) is 15.3. The molecular weight excluding hydrogens is 398 g/mol. The summed E-state index contributed by atoms with van der Waals surface area (Å²) in [5.41, 5.74) is -1.31. The van der Waals surface area contributed by atoms with Crippen molar-refractivity contribution in [3.05, 3.63) is 11.6 Å². The Hall–Kier alpha value is -1.34. The third-order valence-corrected chi connectivity index (χ3v) is 10.0. The van der Waals surface area contributed by atoms with Crippen LogP contribution in [0.5, 0.6) is 0 Å². The first-order valence-corrected chi connectivity index (χ1v) is 13.3. The smallest absolute Gasteiger partial charge is 0.316 e. The van der Waals surface area contributed by atoms with E-state index in [0.717, 1.165) is 31.3 Å². The maximum atomic E-state index is 13.3. The number of nitriles is 1. The summed E-state index contributed by atoms with van der Waals surface area (Å²) in [5, 5.41) is 21.6. The van der Waals surface area contributed by atoms with Crippen molar-refractivity contribution in [3.8, 4) is 6.07 Å². The molecule has 0 amide bonds. The molecule has 178 valence electrons. The number of hydrogen-bond acceptors (Lipinski definition) is 3. The third kappa shape index (κ3) is 2.99. The van der Waals surface area contributed by atoms with E-state index in [4.69, 9.17) is 4.74 Å². The Balaban J connectivity index is 1.63. The third-order valence-electron chi connectivity index (χ3n) is 10.0. The lowest BCUT2D eigenvalue weighted by atomic mass is 9.43. The van der Waals surface area contributed by atoms with Gasteiger partial charge in [-0.2, -0.15) is 5.26 Å². The van der Waals surface area contributed by atoms with Crippen LogP contribution in [-0.2, 0) is 9.53 Å². The average Bonchev–Trinajstić information content (AvgIpc) is 3.33. The van der Waals surface area contributed by atoms with Gasteiger partial charge in [-0.1, -0.05) is 77.9 Å². The van der Waals surface area contributed by atoms with Crippen molar-refractivity contribution in [2.24, 2.45) is 45.8 Å². The Labute approximate surface area is 194 Å². The summed E-state index contributed by atoms with van der Waals surface area (Å²) in [6, 6.07) is 2.72. The number of rotatable bonds is 11. The molecule has 0 aromatic heterocycles. The lowest BCUT2D eigenvalue weighted by molar-refractivity contribution is -0.179. The first-order valence-electron chi connectivity index (χ1n) is 13.3. The minimum atomic E-state index is -1.08. The van der Waals surface area contributed by atoms with Crippen LogP contribution < -0.4 is 0 Å². The lowest BCUT2D eigenvalue weighted by Crippen LogP contribution is -2.62. The summed E-state index contributed by atoms with van der Waals surface area (Å²) >= 11 is 0. The largest absolute Gasteiger partial charge is 0.481 e. The van der Waals surface area contributed by atoms with Crippen molar-refractivity contribution < 1.29 is 14.6 Å². The zero-order valence-corrected chi connectivity index (χ0v) is 20.7. The molecule has 1 N–H and O–H groups in total.